The molecular formula is C22H45BrO14. The van der Waals surface area contributed by atoms with E-state index in [1.807, 2.05) is 0 Å². The van der Waals surface area contributed by atoms with Crippen LogP contribution in [0.15, 0.2) is 0 Å². The lowest BCUT2D eigenvalue weighted by molar-refractivity contribution is -0.147. The summed E-state index contributed by atoms with van der Waals surface area (Å²) in [6, 6.07) is 0. The fraction of sp³-hybridized carbons (Fsp3) is 0.909. The molecule has 0 aromatic heterocycles. The molecular weight excluding hydrogens is 568 g/mol. The lowest BCUT2D eigenvalue weighted by atomic mass is 10.6. The molecule has 1 N–H and O–H groups in total. The van der Waals surface area contributed by atoms with Crippen molar-refractivity contribution >= 4 is 27.9 Å². The Kier molecular flexibility index (Phi) is 38.3. The van der Waals surface area contributed by atoms with Crippen LogP contribution in [0.4, 0.5) is 0 Å². The van der Waals surface area contributed by atoms with Gasteiger partial charge in [0.25, 0.3) is 0 Å². The largest absolute Gasteiger partial charge is 0.467 e. The van der Waals surface area contributed by atoms with Gasteiger partial charge in [0.15, 0.2) is 12.6 Å². The van der Waals surface area contributed by atoms with E-state index in [0.717, 1.165) is 5.33 Å². The molecule has 0 aliphatic carbocycles. The quantitative estimate of drug-likeness (QED) is 0.0754. The minimum absolute atomic E-state index is 0.00297. The number of hydrogen-bond donors (Lipinski definition) is 1. The van der Waals surface area contributed by atoms with Gasteiger partial charge < -0.3 is 57.2 Å². The summed E-state index contributed by atoms with van der Waals surface area (Å²) < 4.78 is 53.4. The Morgan fingerprint density at radius 2 is 0.973 bits per heavy atom. The Bertz CT molecular complexity index is 459. The summed E-state index contributed by atoms with van der Waals surface area (Å²) in [6.07, 6.45) is -0.451. The molecule has 37 heavy (non-hydrogen) atoms. The van der Waals surface area contributed by atoms with E-state index in [1.165, 1.54) is 14.2 Å². The Morgan fingerprint density at radius 1 is 0.595 bits per heavy atom. The van der Waals surface area contributed by atoms with Crippen LogP contribution in [0.5, 0.6) is 0 Å². The van der Waals surface area contributed by atoms with Crippen LogP contribution in [-0.4, -0.2) is 150 Å². The van der Waals surface area contributed by atoms with Gasteiger partial charge in [-0.1, -0.05) is 15.9 Å². The van der Waals surface area contributed by atoms with Gasteiger partial charge in [0, 0.05) is 28.4 Å². The second kappa shape index (κ2) is 35.0. The maximum Gasteiger partial charge on any atom is 0.331 e. The van der Waals surface area contributed by atoms with Gasteiger partial charge in [-0.05, 0) is 0 Å². The van der Waals surface area contributed by atoms with E-state index in [9.17, 15) is 9.59 Å². The fourth-order valence-corrected chi connectivity index (χ4v) is 2.21. The predicted octanol–water partition coefficient (Wildman–Crippen LogP) is 0.0132. The summed E-state index contributed by atoms with van der Waals surface area (Å²) in [7, 11) is 8.92. The lowest BCUT2D eigenvalue weighted by Crippen LogP contribution is -2.21. The number of aliphatic hydroxyl groups is 1. The molecule has 0 aliphatic rings. The molecule has 0 bridgehead atoms. The number of carbonyl (C=O) groups is 2. The second-order valence-electron chi connectivity index (χ2n) is 6.24. The third-order valence-electron chi connectivity index (χ3n) is 3.68. The van der Waals surface area contributed by atoms with E-state index in [2.05, 4.69) is 25.4 Å². The summed E-state index contributed by atoms with van der Waals surface area (Å²) in [4.78, 5) is 21.1. The highest BCUT2D eigenvalue weighted by Gasteiger charge is 2.04. The molecule has 15 heteroatoms. The van der Waals surface area contributed by atoms with E-state index in [0.29, 0.717) is 52.9 Å². The van der Waals surface area contributed by atoms with Crippen molar-refractivity contribution in [3.63, 3.8) is 0 Å². The average molecular weight is 613 g/mol. The van der Waals surface area contributed by atoms with Crippen LogP contribution in [0.25, 0.3) is 0 Å². The number of carbonyl (C=O) groups excluding carboxylic acids is 2. The number of ether oxygens (including phenoxy) is 11. The first-order valence-electron chi connectivity index (χ1n) is 11.2. The van der Waals surface area contributed by atoms with Crippen LogP contribution >= 0.6 is 15.9 Å². The zero-order chi connectivity index (χ0) is 28.6. The summed E-state index contributed by atoms with van der Waals surface area (Å²) in [5.74, 6) is -0.805. The van der Waals surface area contributed by atoms with Crippen LogP contribution in [0.3, 0.4) is 0 Å². The van der Waals surface area contributed by atoms with E-state index in [-0.39, 0.29) is 32.4 Å². The Labute approximate surface area is 228 Å². The maximum atomic E-state index is 10.7. The number of hydrogen-bond acceptors (Lipinski definition) is 14. The highest BCUT2D eigenvalue weighted by Crippen LogP contribution is 1.94. The van der Waals surface area contributed by atoms with Crippen LogP contribution in [0, 0.1) is 0 Å². The normalized spacial score (nSPS) is 10.4. The molecule has 0 fully saturated rings. The van der Waals surface area contributed by atoms with Crippen molar-refractivity contribution < 1.29 is 66.8 Å². The molecule has 0 rings (SSSR count). The van der Waals surface area contributed by atoms with Crippen molar-refractivity contribution in [3.8, 4) is 0 Å². The monoisotopic (exact) mass is 612 g/mol. The summed E-state index contributed by atoms with van der Waals surface area (Å²) in [5.41, 5.74) is 0. The van der Waals surface area contributed by atoms with Crippen molar-refractivity contribution in [3.05, 3.63) is 0 Å². The Balaban J connectivity index is -0.000000522. The molecule has 224 valence electrons. The molecule has 0 amide bonds. The van der Waals surface area contributed by atoms with E-state index >= 15 is 0 Å². The van der Waals surface area contributed by atoms with Crippen molar-refractivity contribution in [2.75, 3.05) is 121 Å². The van der Waals surface area contributed by atoms with Crippen LogP contribution in [-0.2, 0) is 61.7 Å². The first-order chi connectivity index (χ1) is 17.9. The zero-order valence-corrected chi connectivity index (χ0v) is 24.4. The molecule has 0 heterocycles. The predicted molar refractivity (Wildman–Crippen MR) is 135 cm³/mol. The third kappa shape index (κ3) is 35.0. The van der Waals surface area contributed by atoms with Crippen LogP contribution in [0.2, 0.25) is 0 Å². The summed E-state index contributed by atoms with van der Waals surface area (Å²) >= 11 is 3.19. The molecule has 0 radical (unpaired) electrons. The number of aliphatic hydroxyl groups excluding tert-OH is 1. The van der Waals surface area contributed by atoms with Gasteiger partial charge in [-0.15, -0.1) is 0 Å². The van der Waals surface area contributed by atoms with Crippen molar-refractivity contribution in [2.45, 2.75) is 12.6 Å². The Morgan fingerprint density at radius 3 is 1.30 bits per heavy atom. The number of methoxy groups -OCH3 is 6. The minimum Gasteiger partial charge on any atom is -0.467 e. The smallest absolute Gasteiger partial charge is 0.331 e. The fourth-order valence-electron chi connectivity index (χ4n) is 1.69. The van der Waals surface area contributed by atoms with Crippen molar-refractivity contribution in [2.24, 2.45) is 0 Å². The SMILES string of the molecule is COC(=O)COCCOCCO.COC(=O)COCCOCCOCC(OC)OC.COC(CBr)OC. The van der Waals surface area contributed by atoms with Gasteiger partial charge in [0.05, 0.1) is 79.0 Å². The molecule has 0 atom stereocenters. The third-order valence-corrected chi connectivity index (χ3v) is 4.21. The van der Waals surface area contributed by atoms with E-state index < -0.39 is 11.9 Å². The molecule has 0 saturated carbocycles. The van der Waals surface area contributed by atoms with E-state index in [4.69, 9.17) is 47.7 Å². The minimum atomic E-state index is -0.405. The number of rotatable bonds is 22. The van der Waals surface area contributed by atoms with Gasteiger partial charge in [-0.3, -0.25) is 0 Å². The second-order valence-corrected chi connectivity index (χ2v) is 6.88. The molecule has 14 nitrogen and oxygen atoms in total. The molecule has 0 unspecified atom stereocenters. The molecule has 0 aromatic carbocycles. The van der Waals surface area contributed by atoms with Crippen LogP contribution < -0.4 is 0 Å². The zero-order valence-electron chi connectivity index (χ0n) is 22.8. The average Bonchev–Trinajstić information content (AvgIpc) is 2.93. The number of esters is 2. The Hall–Kier alpha value is -0.980. The number of halogens is 1. The molecule has 0 aliphatic heterocycles. The van der Waals surface area contributed by atoms with Crippen LogP contribution in [0.1, 0.15) is 0 Å². The van der Waals surface area contributed by atoms with E-state index in [1.54, 1.807) is 28.4 Å². The maximum absolute atomic E-state index is 10.7. The van der Waals surface area contributed by atoms with Crippen molar-refractivity contribution in [1.29, 1.82) is 0 Å². The molecule has 0 aromatic rings. The van der Waals surface area contributed by atoms with Gasteiger partial charge in [-0.2, -0.15) is 0 Å². The summed E-state index contributed by atoms with van der Waals surface area (Å²) in [6.45, 7) is 2.87. The first kappa shape index (κ1) is 40.5. The lowest BCUT2D eigenvalue weighted by Gasteiger charge is -2.13. The first-order valence-corrected chi connectivity index (χ1v) is 12.3. The number of alkyl halides is 1. The topological polar surface area (TPSA) is 156 Å². The highest BCUT2D eigenvalue weighted by atomic mass is 79.9. The standard InChI is InChI=1S/C11H22O7.C7H14O5.C4H9BrO2/c1-13-10(12)8-17-6-4-16-5-7-18-9-11(14-2)15-3;1-10-7(9)6-12-5-4-11-3-2-8;1-6-4(3-5)7-2/h11H,4-9H2,1-3H3;8H,2-6H2,1H3;4H,3H2,1-2H3. The molecule has 0 saturated heterocycles. The van der Waals surface area contributed by atoms with Gasteiger partial charge in [0.1, 0.15) is 13.2 Å². The van der Waals surface area contributed by atoms with Gasteiger partial charge in [0.2, 0.25) is 0 Å². The highest BCUT2D eigenvalue weighted by molar-refractivity contribution is 9.09. The summed E-state index contributed by atoms with van der Waals surface area (Å²) in [5, 5.41) is 9.03. The van der Waals surface area contributed by atoms with Gasteiger partial charge in [-0.25, -0.2) is 9.59 Å². The van der Waals surface area contributed by atoms with Gasteiger partial charge >= 0.3 is 11.9 Å². The molecule has 0 spiro atoms. The van der Waals surface area contributed by atoms with Crippen molar-refractivity contribution in [1.82, 2.24) is 0 Å².